The molecule has 2 aromatic carbocycles. The van der Waals surface area contributed by atoms with E-state index < -0.39 is 6.10 Å². The smallest absolute Gasteiger partial charge is 0.129 e. The molecule has 1 unspecified atom stereocenters. The molecular formula is C18H15NO2. The molecule has 104 valence electrons. The van der Waals surface area contributed by atoms with Crippen LogP contribution >= 0.6 is 0 Å². The second kappa shape index (κ2) is 4.86. The number of hydrogen-bond acceptors (Lipinski definition) is 3. The van der Waals surface area contributed by atoms with E-state index in [0.717, 1.165) is 27.6 Å². The summed E-state index contributed by atoms with van der Waals surface area (Å²) in [4.78, 5) is 4.31. The van der Waals surface area contributed by atoms with E-state index in [2.05, 4.69) is 11.1 Å². The van der Waals surface area contributed by atoms with Gasteiger partial charge in [0.25, 0.3) is 0 Å². The van der Waals surface area contributed by atoms with Crippen molar-refractivity contribution in [2.24, 2.45) is 0 Å². The predicted molar refractivity (Wildman–Crippen MR) is 81.1 cm³/mol. The van der Waals surface area contributed by atoms with Crippen molar-refractivity contribution in [3.8, 4) is 5.75 Å². The molecule has 1 aromatic heterocycles. The molecule has 3 heteroatoms. The van der Waals surface area contributed by atoms with E-state index in [0.29, 0.717) is 6.42 Å². The van der Waals surface area contributed by atoms with Crippen LogP contribution in [-0.2, 0) is 0 Å². The summed E-state index contributed by atoms with van der Waals surface area (Å²) in [6.07, 6.45) is 3.57. The number of ether oxygens (including phenoxy) is 1. The third kappa shape index (κ3) is 2.06. The molecule has 1 aliphatic rings. The van der Waals surface area contributed by atoms with Crippen LogP contribution in [0.25, 0.3) is 10.8 Å². The van der Waals surface area contributed by atoms with Crippen LogP contribution < -0.4 is 4.74 Å². The molecule has 0 aliphatic carbocycles. The minimum atomic E-state index is -0.501. The zero-order valence-corrected chi connectivity index (χ0v) is 11.4. The van der Waals surface area contributed by atoms with E-state index in [9.17, 15) is 5.11 Å². The standard InChI is InChI=1S/C18H15NO2/c20-16-9-18(21-17-8-4-3-7-14(16)17)15-11-19-10-12-5-1-2-6-13(12)15/h1-8,10-11,16,18,20H,9H2/t16-,18?/m1/s1. The van der Waals surface area contributed by atoms with Crippen LogP contribution in [0.4, 0.5) is 0 Å². The summed E-state index contributed by atoms with van der Waals surface area (Å²) in [5, 5.41) is 12.6. The Labute approximate surface area is 122 Å². The monoisotopic (exact) mass is 277 g/mol. The Kier molecular flexibility index (Phi) is 2.86. The molecule has 2 atom stereocenters. The molecule has 3 aromatic rings. The summed E-state index contributed by atoms with van der Waals surface area (Å²) >= 11 is 0. The van der Waals surface area contributed by atoms with Crippen LogP contribution in [0.15, 0.2) is 60.9 Å². The first kappa shape index (κ1) is 12.4. The van der Waals surface area contributed by atoms with Crippen molar-refractivity contribution in [3.63, 3.8) is 0 Å². The van der Waals surface area contributed by atoms with Gasteiger partial charge in [-0.1, -0.05) is 42.5 Å². The van der Waals surface area contributed by atoms with E-state index in [4.69, 9.17) is 4.74 Å². The van der Waals surface area contributed by atoms with Gasteiger partial charge in [0.1, 0.15) is 11.9 Å². The third-order valence-corrected chi connectivity index (χ3v) is 4.03. The van der Waals surface area contributed by atoms with Crippen LogP contribution in [0.1, 0.15) is 29.8 Å². The molecule has 0 amide bonds. The van der Waals surface area contributed by atoms with Crippen LogP contribution in [-0.4, -0.2) is 10.1 Å². The highest BCUT2D eigenvalue weighted by atomic mass is 16.5. The topological polar surface area (TPSA) is 42.4 Å². The molecule has 1 N–H and O–H groups in total. The maximum atomic E-state index is 10.4. The van der Waals surface area contributed by atoms with Gasteiger partial charge in [0.2, 0.25) is 0 Å². The Morgan fingerprint density at radius 1 is 0.952 bits per heavy atom. The minimum Gasteiger partial charge on any atom is -0.485 e. The van der Waals surface area contributed by atoms with Crippen molar-refractivity contribution >= 4 is 10.8 Å². The number of nitrogens with zero attached hydrogens (tertiary/aromatic N) is 1. The van der Waals surface area contributed by atoms with Crippen molar-refractivity contribution in [1.29, 1.82) is 0 Å². The van der Waals surface area contributed by atoms with Crippen LogP contribution in [0.3, 0.4) is 0 Å². The van der Waals surface area contributed by atoms with Gasteiger partial charge < -0.3 is 9.84 Å². The maximum Gasteiger partial charge on any atom is 0.129 e. The lowest BCUT2D eigenvalue weighted by Crippen LogP contribution is -2.19. The van der Waals surface area contributed by atoms with Gasteiger partial charge in [0, 0.05) is 35.3 Å². The fourth-order valence-corrected chi connectivity index (χ4v) is 2.98. The van der Waals surface area contributed by atoms with Crippen molar-refractivity contribution in [2.75, 3.05) is 0 Å². The lowest BCUT2D eigenvalue weighted by molar-refractivity contribution is 0.0663. The number of aliphatic hydroxyl groups is 1. The Bertz CT molecular complexity index is 795. The number of aliphatic hydroxyl groups excluding tert-OH is 1. The van der Waals surface area contributed by atoms with Gasteiger partial charge >= 0.3 is 0 Å². The summed E-state index contributed by atoms with van der Waals surface area (Å²) < 4.78 is 6.10. The first-order chi connectivity index (χ1) is 10.3. The van der Waals surface area contributed by atoms with Gasteiger partial charge in [-0.15, -0.1) is 0 Å². The molecule has 1 aliphatic heterocycles. The van der Waals surface area contributed by atoms with E-state index in [1.165, 1.54) is 0 Å². The number of benzene rings is 2. The van der Waals surface area contributed by atoms with Crippen LogP contribution in [0.5, 0.6) is 5.75 Å². The highest BCUT2D eigenvalue weighted by molar-refractivity contribution is 5.85. The zero-order valence-electron chi connectivity index (χ0n) is 11.4. The highest BCUT2D eigenvalue weighted by Crippen LogP contribution is 2.41. The first-order valence-electron chi connectivity index (χ1n) is 7.09. The summed E-state index contributed by atoms with van der Waals surface area (Å²) in [6.45, 7) is 0. The SMILES string of the molecule is O[C@@H]1CC(c2cncc3ccccc23)Oc2ccccc21. The number of para-hydroxylation sites is 1. The largest absolute Gasteiger partial charge is 0.485 e. The number of rotatable bonds is 1. The Hall–Kier alpha value is -2.39. The Balaban J connectivity index is 1.81. The Morgan fingerprint density at radius 3 is 2.71 bits per heavy atom. The van der Waals surface area contributed by atoms with Crippen molar-refractivity contribution in [3.05, 3.63) is 72.1 Å². The molecule has 2 heterocycles. The molecule has 21 heavy (non-hydrogen) atoms. The average molecular weight is 277 g/mol. The van der Waals surface area contributed by atoms with E-state index in [1.54, 1.807) is 0 Å². The van der Waals surface area contributed by atoms with E-state index >= 15 is 0 Å². The van der Waals surface area contributed by atoms with E-state index in [1.807, 2.05) is 54.9 Å². The fraction of sp³-hybridized carbons (Fsp3) is 0.167. The average Bonchev–Trinajstić information content (AvgIpc) is 2.54. The van der Waals surface area contributed by atoms with Crippen molar-refractivity contribution in [2.45, 2.75) is 18.6 Å². The number of pyridine rings is 1. The molecule has 0 bridgehead atoms. The van der Waals surface area contributed by atoms with Crippen molar-refractivity contribution < 1.29 is 9.84 Å². The summed E-state index contributed by atoms with van der Waals surface area (Å²) in [5.74, 6) is 0.759. The molecule has 0 spiro atoms. The fourth-order valence-electron chi connectivity index (χ4n) is 2.98. The van der Waals surface area contributed by atoms with Gasteiger partial charge in [-0.05, 0) is 11.5 Å². The van der Waals surface area contributed by atoms with Crippen LogP contribution in [0, 0.1) is 0 Å². The second-order valence-electron chi connectivity index (χ2n) is 5.35. The van der Waals surface area contributed by atoms with Crippen molar-refractivity contribution in [1.82, 2.24) is 4.98 Å². The maximum absolute atomic E-state index is 10.4. The Morgan fingerprint density at radius 2 is 1.76 bits per heavy atom. The highest BCUT2D eigenvalue weighted by Gasteiger charge is 2.28. The van der Waals surface area contributed by atoms with Gasteiger partial charge in [0.15, 0.2) is 0 Å². The van der Waals surface area contributed by atoms with Gasteiger partial charge in [-0.25, -0.2) is 0 Å². The van der Waals surface area contributed by atoms with E-state index in [-0.39, 0.29) is 6.10 Å². The van der Waals surface area contributed by atoms with Gasteiger partial charge in [-0.3, -0.25) is 4.98 Å². The summed E-state index contributed by atoms with van der Waals surface area (Å²) in [5.41, 5.74) is 1.89. The molecule has 4 rings (SSSR count). The van der Waals surface area contributed by atoms with Gasteiger partial charge in [-0.2, -0.15) is 0 Å². The third-order valence-electron chi connectivity index (χ3n) is 4.03. The molecule has 0 radical (unpaired) electrons. The number of hydrogen-bond donors (Lipinski definition) is 1. The molecule has 0 saturated heterocycles. The summed E-state index contributed by atoms with van der Waals surface area (Å²) in [6, 6.07) is 15.8. The lowest BCUT2D eigenvalue weighted by atomic mass is 9.93. The van der Waals surface area contributed by atoms with Gasteiger partial charge in [0.05, 0.1) is 6.10 Å². The molecule has 0 fully saturated rings. The first-order valence-corrected chi connectivity index (χ1v) is 7.09. The predicted octanol–water partition coefficient (Wildman–Crippen LogP) is 3.79. The molecule has 3 nitrogen and oxygen atoms in total. The lowest BCUT2D eigenvalue weighted by Gasteiger charge is -2.30. The summed E-state index contributed by atoms with van der Waals surface area (Å²) in [7, 11) is 0. The number of aromatic nitrogens is 1. The minimum absolute atomic E-state index is 0.173. The second-order valence-corrected chi connectivity index (χ2v) is 5.35. The quantitative estimate of drug-likeness (QED) is 0.735. The molecule has 0 saturated carbocycles. The van der Waals surface area contributed by atoms with Crippen LogP contribution in [0.2, 0.25) is 0 Å². The zero-order chi connectivity index (χ0) is 14.2. The number of fused-ring (bicyclic) bond motifs is 2. The normalized spacial score (nSPS) is 20.8. The molecular weight excluding hydrogens is 262 g/mol.